The van der Waals surface area contributed by atoms with E-state index in [2.05, 4.69) is 15.6 Å². The lowest BCUT2D eigenvalue weighted by atomic mass is 10.2. The van der Waals surface area contributed by atoms with Crippen molar-refractivity contribution in [1.29, 1.82) is 0 Å². The molecular formula is C18H25IN4O3. The molecule has 2 aromatic rings. The summed E-state index contributed by atoms with van der Waals surface area (Å²) in [4.78, 5) is 16.2. The second kappa shape index (κ2) is 12.3. The van der Waals surface area contributed by atoms with Crippen LogP contribution in [0, 0.1) is 0 Å². The Labute approximate surface area is 170 Å². The number of furan rings is 1. The van der Waals surface area contributed by atoms with Crippen LogP contribution in [0.15, 0.2) is 52.1 Å². The van der Waals surface area contributed by atoms with Crippen molar-refractivity contribution >= 4 is 41.5 Å². The Morgan fingerprint density at radius 1 is 1.27 bits per heavy atom. The molecule has 0 unspecified atom stereocenters. The maximum absolute atomic E-state index is 11.9. The fraction of sp³-hybridized carbons (Fsp3) is 0.333. The van der Waals surface area contributed by atoms with Gasteiger partial charge >= 0.3 is 0 Å². The SMILES string of the molecule is CCOCCCNC(N)=NCc1ccc(NC(=O)c2ccco2)cc1.I. The monoisotopic (exact) mass is 472 g/mol. The Morgan fingerprint density at radius 2 is 2.04 bits per heavy atom. The molecule has 1 amide bonds. The second-order valence-electron chi connectivity index (χ2n) is 5.31. The van der Waals surface area contributed by atoms with Crippen LogP contribution in [0.5, 0.6) is 0 Å². The van der Waals surface area contributed by atoms with Gasteiger partial charge in [-0.05, 0) is 43.2 Å². The van der Waals surface area contributed by atoms with Crippen molar-refractivity contribution in [2.45, 2.75) is 19.9 Å². The number of nitrogens with one attached hydrogen (secondary N) is 2. The normalized spacial score (nSPS) is 10.9. The van der Waals surface area contributed by atoms with E-state index in [1.54, 1.807) is 12.1 Å². The van der Waals surface area contributed by atoms with E-state index >= 15 is 0 Å². The van der Waals surface area contributed by atoms with Gasteiger partial charge in [-0.3, -0.25) is 4.79 Å². The fourth-order valence-electron chi connectivity index (χ4n) is 2.06. The number of halogens is 1. The van der Waals surface area contributed by atoms with Gasteiger partial charge in [0.1, 0.15) is 0 Å². The largest absolute Gasteiger partial charge is 0.459 e. The molecule has 0 spiro atoms. The Kier molecular flexibility index (Phi) is 10.4. The first-order valence-electron chi connectivity index (χ1n) is 8.24. The summed E-state index contributed by atoms with van der Waals surface area (Å²) in [6.45, 7) is 4.60. The minimum atomic E-state index is -0.281. The highest BCUT2D eigenvalue weighted by atomic mass is 127. The van der Waals surface area contributed by atoms with Crippen LogP contribution in [0.1, 0.15) is 29.5 Å². The first-order valence-corrected chi connectivity index (χ1v) is 8.24. The van der Waals surface area contributed by atoms with Gasteiger partial charge in [0.05, 0.1) is 12.8 Å². The minimum absolute atomic E-state index is 0. The van der Waals surface area contributed by atoms with E-state index in [0.717, 1.165) is 25.1 Å². The smallest absolute Gasteiger partial charge is 0.291 e. The molecule has 0 atom stereocenters. The Bertz CT molecular complexity index is 672. The molecule has 0 aliphatic rings. The molecule has 1 aromatic heterocycles. The molecule has 142 valence electrons. The van der Waals surface area contributed by atoms with Crippen molar-refractivity contribution in [2.75, 3.05) is 25.1 Å². The highest BCUT2D eigenvalue weighted by molar-refractivity contribution is 14.0. The van der Waals surface area contributed by atoms with Crippen LogP contribution < -0.4 is 16.4 Å². The summed E-state index contributed by atoms with van der Waals surface area (Å²) in [7, 11) is 0. The van der Waals surface area contributed by atoms with Gasteiger partial charge in [0, 0.05) is 25.4 Å². The number of carbonyl (C=O) groups excluding carboxylic acids is 1. The van der Waals surface area contributed by atoms with Crippen LogP contribution in [-0.2, 0) is 11.3 Å². The predicted molar refractivity (Wildman–Crippen MR) is 113 cm³/mol. The Balaban J connectivity index is 0.00000338. The molecule has 4 N–H and O–H groups in total. The molecule has 1 aromatic carbocycles. The van der Waals surface area contributed by atoms with Gasteiger partial charge in [0.15, 0.2) is 11.7 Å². The van der Waals surface area contributed by atoms with E-state index < -0.39 is 0 Å². The van der Waals surface area contributed by atoms with Crippen LogP contribution in [0.2, 0.25) is 0 Å². The number of aliphatic imine (C=N–C) groups is 1. The Morgan fingerprint density at radius 3 is 2.69 bits per heavy atom. The van der Waals surface area contributed by atoms with Crippen LogP contribution in [0.3, 0.4) is 0 Å². The number of hydrogen-bond acceptors (Lipinski definition) is 4. The zero-order valence-corrected chi connectivity index (χ0v) is 17.1. The quantitative estimate of drug-likeness (QED) is 0.226. The number of guanidine groups is 1. The van der Waals surface area contributed by atoms with Crippen LogP contribution in [-0.4, -0.2) is 31.6 Å². The standard InChI is InChI=1S/C18H24N4O3.HI/c1-2-24-11-4-10-20-18(19)21-13-14-6-8-15(9-7-14)22-17(23)16-5-3-12-25-16;/h3,5-9,12H,2,4,10-11,13H2,1H3,(H,22,23)(H3,19,20,21);1H. The topological polar surface area (TPSA) is 102 Å². The van der Waals surface area contributed by atoms with E-state index in [4.69, 9.17) is 14.9 Å². The molecule has 0 aliphatic heterocycles. The number of anilines is 1. The average molecular weight is 472 g/mol. The van der Waals surface area contributed by atoms with Gasteiger partial charge in [-0.2, -0.15) is 0 Å². The van der Waals surface area contributed by atoms with Crippen molar-refractivity contribution in [3.63, 3.8) is 0 Å². The lowest BCUT2D eigenvalue weighted by Gasteiger charge is -2.06. The molecule has 0 bridgehead atoms. The van der Waals surface area contributed by atoms with Gasteiger partial charge in [-0.15, -0.1) is 24.0 Å². The predicted octanol–water partition coefficient (Wildman–Crippen LogP) is 2.98. The molecule has 0 saturated heterocycles. The number of benzene rings is 1. The summed E-state index contributed by atoms with van der Waals surface area (Å²) in [6, 6.07) is 10.7. The first kappa shape index (κ1) is 22.0. The van der Waals surface area contributed by atoms with Gasteiger partial charge in [0.25, 0.3) is 5.91 Å². The van der Waals surface area contributed by atoms with E-state index in [-0.39, 0.29) is 35.6 Å². The summed E-state index contributed by atoms with van der Waals surface area (Å²) in [6.07, 6.45) is 2.35. The van der Waals surface area contributed by atoms with Crippen LogP contribution in [0.25, 0.3) is 0 Å². The van der Waals surface area contributed by atoms with Crippen molar-refractivity contribution in [1.82, 2.24) is 5.32 Å². The third-order valence-electron chi connectivity index (χ3n) is 3.36. The second-order valence-corrected chi connectivity index (χ2v) is 5.31. The molecule has 0 radical (unpaired) electrons. The molecule has 1 heterocycles. The zero-order valence-electron chi connectivity index (χ0n) is 14.7. The molecule has 8 heteroatoms. The average Bonchev–Trinajstić information content (AvgIpc) is 3.16. The van der Waals surface area contributed by atoms with Gasteiger partial charge in [0.2, 0.25) is 0 Å². The highest BCUT2D eigenvalue weighted by Crippen LogP contribution is 2.12. The summed E-state index contributed by atoms with van der Waals surface area (Å²) in [5, 5.41) is 5.81. The Hall–Kier alpha value is -2.07. The summed E-state index contributed by atoms with van der Waals surface area (Å²) >= 11 is 0. The summed E-state index contributed by atoms with van der Waals surface area (Å²) < 4.78 is 10.3. The molecule has 26 heavy (non-hydrogen) atoms. The minimum Gasteiger partial charge on any atom is -0.459 e. The summed E-state index contributed by atoms with van der Waals surface area (Å²) in [5.74, 6) is 0.403. The zero-order chi connectivity index (χ0) is 17.9. The van der Waals surface area contributed by atoms with Crippen molar-refractivity contribution in [3.05, 3.63) is 54.0 Å². The lowest BCUT2D eigenvalue weighted by Crippen LogP contribution is -2.32. The lowest BCUT2D eigenvalue weighted by molar-refractivity contribution is 0.0996. The van der Waals surface area contributed by atoms with Crippen molar-refractivity contribution in [2.24, 2.45) is 10.7 Å². The molecule has 7 nitrogen and oxygen atoms in total. The number of ether oxygens (including phenoxy) is 1. The number of nitrogens with two attached hydrogens (primary N) is 1. The van der Waals surface area contributed by atoms with Crippen molar-refractivity contribution < 1.29 is 13.9 Å². The van der Waals surface area contributed by atoms with E-state index in [1.807, 2.05) is 31.2 Å². The number of hydrogen-bond donors (Lipinski definition) is 3. The van der Waals surface area contributed by atoms with E-state index in [9.17, 15) is 4.79 Å². The molecule has 0 fully saturated rings. The number of nitrogens with zero attached hydrogens (tertiary/aromatic N) is 1. The van der Waals surface area contributed by atoms with E-state index in [0.29, 0.717) is 24.8 Å². The third-order valence-corrected chi connectivity index (χ3v) is 3.36. The third kappa shape index (κ3) is 7.87. The summed E-state index contributed by atoms with van der Waals surface area (Å²) in [5.41, 5.74) is 7.50. The number of rotatable bonds is 9. The maximum Gasteiger partial charge on any atom is 0.291 e. The van der Waals surface area contributed by atoms with Crippen molar-refractivity contribution in [3.8, 4) is 0 Å². The van der Waals surface area contributed by atoms with Gasteiger partial charge < -0.3 is 25.5 Å². The van der Waals surface area contributed by atoms with Gasteiger partial charge in [-0.1, -0.05) is 12.1 Å². The number of carbonyl (C=O) groups is 1. The number of amides is 1. The fourth-order valence-corrected chi connectivity index (χ4v) is 2.06. The highest BCUT2D eigenvalue weighted by Gasteiger charge is 2.08. The molecular weight excluding hydrogens is 447 g/mol. The molecule has 2 rings (SSSR count). The molecule has 0 aliphatic carbocycles. The maximum atomic E-state index is 11.9. The molecule has 0 saturated carbocycles. The van der Waals surface area contributed by atoms with Gasteiger partial charge in [-0.25, -0.2) is 4.99 Å². The van der Waals surface area contributed by atoms with Crippen LogP contribution in [0.4, 0.5) is 5.69 Å². The first-order chi connectivity index (χ1) is 12.2. The van der Waals surface area contributed by atoms with Crippen LogP contribution >= 0.6 is 24.0 Å². The van der Waals surface area contributed by atoms with E-state index in [1.165, 1.54) is 6.26 Å².